The highest BCUT2D eigenvalue weighted by atomic mass is 35.5. The van der Waals surface area contributed by atoms with Gasteiger partial charge in [0.05, 0.1) is 5.02 Å². The molecule has 0 aliphatic carbocycles. The maximum Gasteiger partial charge on any atom is 0.254 e. The van der Waals surface area contributed by atoms with Crippen LogP contribution >= 0.6 is 35.0 Å². The third-order valence-electron chi connectivity index (χ3n) is 5.14. The Balaban J connectivity index is 1.77. The van der Waals surface area contributed by atoms with Crippen molar-refractivity contribution in [3.05, 3.63) is 58.1 Å². The number of nitrogens with zero attached hydrogens (tertiary/aromatic N) is 2. The van der Waals surface area contributed by atoms with Crippen molar-refractivity contribution in [2.45, 2.75) is 37.8 Å². The van der Waals surface area contributed by atoms with Crippen molar-refractivity contribution >= 4 is 46.6 Å². The second-order valence-electron chi connectivity index (χ2n) is 6.73. The van der Waals surface area contributed by atoms with Crippen LogP contribution in [0, 0.1) is 0 Å². The Morgan fingerprint density at radius 3 is 2.56 bits per heavy atom. The molecule has 0 aromatic heterocycles. The second kappa shape index (κ2) is 8.76. The SMILES string of the molecule is CCSc1ccc(C(=O)N2CCN(c3cccc(Cl)c3)[C@H](C)C2C)cc1Cl. The first-order valence-electron chi connectivity index (χ1n) is 9.18. The average Bonchev–Trinajstić information content (AvgIpc) is 2.65. The number of hydrogen-bond donors (Lipinski definition) is 0. The summed E-state index contributed by atoms with van der Waals surface area (Å²) in [5, 5.41) is 1.37. The van der Waals surface area contributed by atoms with Crippen molar-refractivity contribution in [1.82, 2.24) is 4.90 Å². The molecule has 2 aromatic rings. The Labute approximate surface area is 175 Å². The molecule has 0 spiro atoms. The van der Waals surface area contributed by atoms with Crippen LogP contribution in [-0.4, -0.2) is 41.7 Å². The molecular formula is C21H24Cl2N2OS. The number of carbonyl (C=O) groups excluding carboxylic acids is 1. The van der Waals surface area contributed by atoms with Crippen molar-refractivity contribution in [1.29, 1.82) is 0 Å². The summed E-state index contributed by atoms with van der Waals surface area (Å²) in [6.07, 6.45) is 0. The molecule has 1 unspecified atom stereocenters. The monoisotopic (exact) mass is 422 g/mol. The molecule has 1 amide bonds. The fraction of sp³-hybridized carbons (Fsp3) is 0.381. The second-order valence-corrected chi connectivity index (χ2v) is 8.88. The van der Waals surface area contributed by atoms with E-state index >= 15 is 0 Å². The number of rotatable bonds is 4. The van der Waals surface area contributed by atoms with Crippen molar-refractivity contribution in [2.75, 3.05) is 23.7 Å². The van der Waals surface area contributed by atoms with Crippen LogP contribution in [0.15, 0.2) is 47.4 Å². The van der Waals surface area contributed by atoms with Crippen molar-refractivity contribution in [3.63, 3.8) is 0 Å². The number of piperazine rings is 1. The number of carbonyl (C=O) groups is 1. The van der Waals surface area contributed by atoms with Gasteiger partial charge >= 0.3 is 0 Å². The average molecular weight is 423 g/mol. The molecule has 1 saturated heterocycles. The van der Waals surface area contributed by atoms with Gasteiger partial charge in [-0.3, -0.25) is 4.79 Å². The molecule has 0 radical (unpaired) electrons. The fourth-order valence-electron chi connectivity index (χ4n) is 3.52. The lowest BCUT2D eigenvalue weighted by Crippen LogP contribution is -2.59. The molecule has 2 aromatic carbocycles. The summed E-state index contributed by atoms with van der Waals surface area (Å²) in [6, 6.07) is 13.8. The number of benzene rings is 2. The summed E-state index contributed by atoms with van der Waals surface area (Å²) in [6.45, 7) is 7.78. The zero-order valence-electron chi connectivity index (χ0n) is 15.8. The third kappa shape index (κ3) is 4.39. The molecule has 1 aliphatic heterocycles. The van der Waals surface area contributed by atoms with Crippen molar-refractivity contribution in [3.8, 4) is 0 Å². The standard InChI is InChI=1S/C21H24Cl2N2OS/c1-4-27-20-9-8-16(12-19(20)23)21(26)25-11-10-24(14(2)15(25)3)18-7-5-6-17(22)13-18/h5-9,12-15H,4,10-11H2,1-3H3/t14-,15?/m1/s1. The Hall–Kier alpha value is -1.36. The smallest absolute Gasteiger partial charge is 0.254 e. The lowest BCUT2D eigenvalue weighted by atomic mass is 10.0. The Kier molecular flexibility index (Phi) is 6.61. The van der Waals surface area contributed by atoms with E-state index in [-0.39, 0.29) is 18.0 Å². The van der Waals surface area contributed by atoms with E-state index in [2.05, 4.69) is 31.7 Å². The van der Waals surface area contributed by atoms with Gasteiger partial charge < -0.3 is 9.80 Å². The van der Waals surface area contributed by atoms with Gasteiger partial charge in [-0.2, -0.15) is 0 Å². The summed E-state index contributed by atoms with van der Waals surface area (Å²) in [4.78, 5) is 18.4. The number of amides is 1. The normalized spacial score (nSPS) is 20.0. The summed E-state index contributed by atoms with van der Waals surface area (Å²) in [7, 11) is 0. The van der Waals surface area contributed by atoms with Gasteiger partial charge in [0.1, 0.15) is 0 Å². The van der Waals surface area contributed by atoms with Crippen LogP contribution in [0.25, 0.3) is 0 Å². The Morgan fingerprint density at radius 1 is 1.11 bits per heavy atom. The van der Waals surface area contributed by atoms with Gasteiger partial charge in [-0.25, -0.2) is 0 Å². The van der Waals surface area contributed by atoms with Gasteiger partial charge in [0, 0.05) is 46.3 Å². The van der Waals surface area contributed by atoms with Gasteiger partial charge in [-0.15, -0.1) is 11.8 Å². The molecule has 27 heavy (non-hydrogen) atoms. The van der Waals surface area contributed by atoms with Crippen LogP contribution in [0.3, 0.4) is 0 Å². The van der Waals surface area contributed by atoms with E-state index in [0.717, 1.165) is 27.9 Å². The highest BCUT2D eigenvalue weighted by Crippen LogP contribution is 2.30. The van der Waals surface area contributed by atoms with E-state index in [1.54, 1.807) is 17.8 Å². The maximum absolute atomic E-state index is 13.1. The third-order valence-corrected chi connectivity index (χ3v) is 6.76. The number of halogens is 2. The van der Waals surface area contributed by atoms with Crippen molar-refractivity contribution < 1.29 is 4.79 Å². The highest BCUT2D eigenvalue weighted by molar-refractivity contribution is 7.99. The molecule has 1 heterocycles. The lowest BCUT2D eigenvalue weighted by Gasteiger charge is -2.46. The van der Waals surface area contributed by atoms with E-state index in [9.17, 15) is 4.79 Å². The first-order valence-corrected chi connectivity index (χ1v) is 10.9. The number of hydrogen-bond acceptors (Lipinski definition) is 3. The quantitative estimate of drug-likeness (QED) is 0.577. The molecule has 0 N–H and O–H groups in total. The predicted molar refractivity (Wildman–Crippen MR) is 117 cm³/mol. The first-order chi connectivity index (χ1) is 12.9. The molecule has 3 nitrogen and oxygen atoms in total. The molecule has 1 aliphatic rings. The number of thioether (sulfide) groups is 1. The molecule has 0 bridgehead atoms. The van der Waals surface area contributed by atoms with E-state index in [0.29, 0.717) is 17.1 Å². The Morgan fingerprint density at radius 2 is 1.89 bits per heavy atom. The minimum atomic E-state index is 0.0371. The topological polar surface area (TPSA) is 23.6 Å². The zero-order valence-corrected chi connectivity index (χ0v) is 18.1. The molecule has 3 rings (SSSR count). The van der Waals surface area contributed by atoms with Crippen molar-refractivity contribution in [2.24, 2.45) is 0 Å². The van der Waals surface area contributed by atoms with Crippen LogP contribution in [0.1, 0.15) is 31.1 Å². The van der Waals surface area contributed by atoms with Gasteiger partial charge in [0.2, 0.25) is 0 Å². The summed E-state index contributed by atoms with van der Waals surface area (Å²) in [5.41, 5.74) is 1.74. The first kappa shape index (κ1) is 20.4. The summed E-state index contributed by atoms with van der Waals surface area (Å²) >= 11 is 14.2. The predicted octanol–water partition coefficient (Wildman–Crippen LogP) is 5.84. The van der Waals surface area contributed by atoms with E-state index in [1.165, 1.54) is 0 Å². The maximum atomic E-state index is 13.1. The molecule has 0 saturated carbocycles. The van der Waals surface area contributed by atoms with E-state index < -0.39 is 0 Å². The largest absolute Gasteiger partial charge is 0.365 e. The highest BCUT2D eigenvalue weighted by Gasteiger charge is 2.34. The molecule has 144 valence electrons. The van der Waals surface area contributed by atoms with Crippen LogP contribution < -0.4 is 4.90 Å². The van der Waals surface area contributed by atoms with Gasteiger partial charge in [-0.1, -0.05) is 36.2 Å². The molecule has 6 heteroatoms. The number of anilines is 1. The Bertz CT molecular complexity index is 830. The van der Waals surface area contributed by atoms with Crippen LogP contribution in [-0.2, 0) is 0 Å². The van der Waals surface area contributed by atoms with E-state index in [4.69, 9.17) is 23.2 Å². The summed E-state index contributed by atoms with van der Waals surface area (Å²) in [5.74, 6) is 0.988. The van der Waals surface area contributed by atoms with Gasteiger partial charge in [0.15, 0.2) is 0 Å². The van der Waals surface area contributed by atoms with Crippen LogP contribution in [0.4, 0.5) is 5.69 Å². The lowest BCUT2D eigenvalue weighted by molar-refractivity contribution is 0.0634. The molecular weight excluding hydrogens is 399 g/mol. The zero-order chi connectivity index (χ0) is 19.6. The minimum absolute atomic E-state index is 0.0371. The van der Waals surface area contributed by atoms with Crippen LogP contribution in [0.5, 0.6) is 0 Å². The van der Waals surface area contributed by atoms with Crippen LogP contribution in [0.2, 0.25) is 10.0 Å². The summed E-state index contributed by atoms with van der Waals surface area (Å²) < 4.78 is 0. The minimum Gasteiger partial charge on any atom is -0.365 e. The van der Waals surface area contributed by atoms with Gasteiger partial charge in [0.25, 0.3) is 5.91 Å². The fourth-order valence-corrected chi connectivity index (χ4v) is 4.72. The molecule has 2 atom stereocenters. The van der Waals surface area contributed by atoms with Gasteiger partial charge in [-0.05, 0) is 56.0 Å². The van der Waals surface area contributed by atoms with E-state index in [1.807, 2.05) is 35.2 Å². The molecule has 1 fully saturated rings.